The lowest BCUT2D eigenvalue weighted by Crippen LogP contribution is -2.47. The van der Waals surface area contributed by atoms with Crippen LogP contribution in [0.15, 0.2) is 59.8 Å². The molecule has 9 heteroatoms. The van der Waals surface area contributed by atoms with Gasteiger partial charge in [-0.1, -0.05) is 38.1 Å². The molecule has 1 heterocycles. The van der Waals surface area contributed by atoms with E-state index in [-0.39, 0.29) is 18.4 Å². The first-order valence-electron chi connectivity index (χ1n) is 10.4. The van der Waals surface area contributed by atoms with Crippen LogP contribution in [-0.2, 0) is 14.3 Å². The van der Waals surface area contributed by atoms with Crippen LogP contribution in [0.1, 0.15) is 25.5 Å². The van der Waals surface area contributed by atoms with Gasteiger partial charge in [-0.2, -0.15) is 0 Å². The van der Waals surface area contributed by atoms with E-state index in [1.54, 1.807) is 30.3 Å². The average molecular weight is 453 g/mol. The molecule has 1 aliphatic rings. The third kappa shape index (κ3) is 5.62. The average Bonchev–Trinajstić information content (AvgIpc) is 2.82. The fourth-order valence-electron chi connectivity index (χ4n) is 3.47. The summed E-state index contributed by atoms with van der Waals surface area (Å²) < 4.78 is 16.0. The summed E-state index contributed by atoms with van der Waals surface area (Å²) in [5.41, 5.74) is 2.07. The van der Waals surface area contributed by atoms with E-state index in [2.05, 4.69) is 16.0 Å². The van der Waals surface area contributed by atoms with Crippen LogP contribution in [0.4, 0.5) is 10.5 Å². The normalized spacial score (nSPS) is 15.4. The van der Waals surface area contributed by atoms with E-state index in [0.29, 0.717) is 34.0 Å². The fraction of sp³-hybridized carbons (Fsp3) is 0.292. The zero-order valence-electron chi connectivity index (χ0n) is 18.9. The molecule has 0 fully saturated rings. The molecule has 3 rings (SSSR count). The summed E-state index contributed by atoms with van der Waals surface area (Å²) in [5, 5.41) is 8.20. The second-order valence-electron chi connectivity index (χ2n) is 7.62. The topological polar surface area (TPSA) is 115 Å². The number of amides is 3. The lowest BCUT2D eigenvalue weighted by molar-refractivity contribution is -0.136. The molecule has 33 heavy (non-hydrogen) atoms. The van der Waals surface area contributed by atoms with Crippen LogP contribution in [0.5, 0.6) is 11.5 Å². The Morgan fingerprint density at radius 1 is 1.06 bits per heavy atom. The number of carbonyl (C=O) groups excluding carboxylic acids is 3. The first-order valence-corrected chi connectivity index (χ1v) is 10.4. The molecule has 1 atom stereocenters. The van der Waals surface area contributed by atoms with E-state index in [4.69, 9.17) is 14.2 Å². The minimum absolute atomic E-state index is 0.111. The molecule has 1 aliphatic heterocycles. The fourth-order valence-corrected chi connectivity index (χ4v) is 3.47. The molecular weight excluding hydrogens is 426 g/mol. The molecule has 3 N–H and O–H groups in total. The number of allylic oxidation sites excluding steroid dienone is 1. The van der Waals surface area contributed by atoms with Crippen LogP contribution in [0, 0.1) is 5.92 Å². The van der Waals surface area contributed by atoms with Crippen molar-refractivity contribution in [2.75, 3.05) is 26.1 Å². The van der Waals surface area contributed by atoms with Crippen LogP contribution in [0.3, 0.4) is 0 Å². The summed E-state index contributed by atoms with van der Waals surface area (Å²) in [4.78, 5) is 37.0. The number of anilines is 1. The highest BCUT2D eigenvalue weighted by molar-refractivity contribution is 5.95. The van der Waals surface area contributed by atoms with Crippen molar-refractivity contribution >= 4 is 23.6 Å². The molecule has 9 nitrogen and oxygen atoms in total. The first-order chi connectivity index (χ1) is 15.8. The highest BCUT2D eigenvalue weighted by Crippen LogP contribution is 2.35. The number of nitrogens with one attached hydrogen (secondary N) is 3. The molecule has 0 spiro atoms. The van der Waals surface area contributed by atoms with E-state index in [1.807, 2.05) is 32.0 Å². The Labute approximate surface area is 192 Å². The van der Waals surface area contributed by atoms with Crippen molar-refractivity contribution in [3.05, 3.63) is 65.4 Å². The zero-order chi connectivity index (χ0) is 24.0. The van der Waals surface area contributed by atoms with Gasteiger partial charge in [0.2, 0.25) is 0 Å². The molecule has 0 saturated heterocycles. The Balaban J connectivity index is 1.83. The molecule has 3 amide bonds. The number of benzene rings is 2. The quantitative estimate of drug-likeness (QED) is 0.529. The molecule has 0 aliphatic carbocycles. The molecule has 1 unspecified atom stereocenters. The number of para-hydroxylation sites is 1. The van der Waals surface area contributed by atoms with Gasteiger partial charge in [-0.3, -0.25) is 4.79 Å². The maximum Gasteiger partial charge on any atom is 0.337 e. The van der Waals surface area contributed by atoms with Crippen molar-refractivity contribution in [2.24, 2.45) is 5.92 Å². The van der Waals surface area contributed by atoms with E-state index >= 15 is 0 Å². The van der Waals surface area contributed by atoms with Crippen molar-refractivity contribution < 1.29 is 28.6 Å². The second-order valence-corrected chi connectivity index (χ2v) is 7.62. The van der Waals surface area contributed by atoms with E-state index in [9.17, 15) is 14.4 Å². The summed E-state index contributed by atoms with van der Waals surface area (Å²) in [5.74, 6) is -0.288. The molecular formula is C24H27N3O6. The highest BCUT2D eigenvalue weighted by atomic mass is 16.5. The van der Waals surface area contributed by atoms with Crippen LogP contribution in [0.2, 0.25) is 0 Å². The standard InChI is InChI=1S/C24H27N3O6/c1-14(2)21-20(23(29)32-4)22(27-24(30)26-21)15-10-11-17(18(12-15)31-3)33-13-19(28)25-16-8-6-5-7-9-16/h5-12,14,22H,13H2,1-4H3,(H,25,28)(H2,26,27,30). The summed E-state index contributed by atoms with van der Waals surface area (Å²) >= 11 is 0. The number of urea groups is 1. The van der Waals surface area contributed by atoms with Gasteiger partial charge < -0.3 is 30.2 Å². The van der Waals surface area contributed by atoms with Crippen LogP contribution < -0.4 is 25.4 Å². The monoisotopic (exact) mass is 453 g/mol. The molecule has 0 saturated carbocycles. The van der Waals surface area contributed by atoms with Gasteiger partial charge in [0.1, 0.15) is 0 Å². The van der Waals surface area contributed by atoms with Crippen molar-refractivity contribution in [1.29, 1.82) is 0 Å². The van der Waals surface area contributed by atoms with Crippen molar-refractivity contribution in [3.8, 4) is 11.5 Å². The number of hydrogen-bond donors (Lipinski definition) is 3. The Morgan fingerprint density at radius 2 is 1.79 bits per heavy atom. The molecule has 0 bridgehead atoms. The summed E-state index contributed by atoms with van der Waals surface area (Å²) in [7, 11) is 2.76. The lowest BCUT2D eigenvalue weighted by atomic mass is 9.91. The second kappa shape index (κ2) is 10.5. The lowest BCUT2D eigenvalue weighted by Gasteiger charge is -2.31. The summed E-state index contributed by atoms with van der Waals surface area (Å²) in [6.45, 7) is 3.53. The molecule has 0 radical (unpaired) electrons. The number of rotatable bonds is 8. The highest BCUT2D eigenvalue weighted by Gasteiger charge is 2.34. The maximum absolute atomic E-state index is 12.5. The van der Waals surface area contributed by atoms with E-state index < -0.39 is 18.0 Å². The van der Waals surface area contributed by atoms with E-state index in [0.717, 1.165) is 0 Å². The number of ether oxygens (including phenoxy) is 3. The van der Waals surface area contributed by atoms with E-state index in [1.165, 1.54) is 14.2 Å². The van der Waals surface area contributed by atoms with Gasteiger partial charge in [-0.05, 0) is 35.7 Å². The zero-order valence-corrected chi connectivity index (χ0v) is 18.9. The molecule has 2 aromatic rings. The number of carbonyl (C=O) groups is 3. The Kier molecular flexibility index (Phi) is 7.55. The van der Waals surface area contributed by atoms with Gasteiger partial charge in [0.15, 0.2) is 18.1 Å². The maximum atomic E-state index is 12.5. The van der Waals surface area contributed by atoms with Gasteiger partial charge in [0, 0.05) is 11.4 Å². The minimum atomic E-state index is -0.743. The largest absolute Gasteiger partial charge is 0.493 e. The van der Waals surface area contributed by atoms with Crippen molar-refractivity contribution in [3.63, 3.8) is 0 Å². The molecule has 174 valence electrons. The molecule has 0 aromatic heterocycles. The van der Waals surface area contributed by atoms with Crippen LogP contribution in [-0.4, -0.2) is 38.7 Å². The van der Waals surface area contributed by atoms with Crippen LogP contribution in [0.25, 0.3) is 0 Å². The van der Waals surface area contributed by atoms with Crippen molar-refractivity contribution in [1.82, 2.24) is 10.6 Å². The predicted molar refractivity (Wildman–Crippen MR) is 122 cm³/mol. The summed E-state index contributed by atoms with van der Waals surface area (Å²) in [6.07, 6.45) is 0. The summed E-state index contributed by atoms with van der Waals surface area (Å²) in [6, 6.07) is 12.9. The smallest absolute Gasteiger partial charge is 0.337 e. The first kappa shape index (κ1) is 23.6. The number of hydrogen-bond acceptors (Lipinski definition) is 6. The molecule has 2 aromatic carbocycles. The van der Waals surface area contributed by atoms with Crippen molar-refractivity contribution in [2.45, 2.75) is 19.9 Å². The van der Waals surface area contributed by atoms with Gasteiger partial charge >= 0.3 is 12.0 Å². The Bertz CT molecular complexity index is 1070. The van der Waals surface area contributed by atoms with Gasteiger partial charge in [-0.25, -0.2) is 9.59 Å². The third-order valence-electron chi connectivity index (χ3n) is 5.02. The predicted octanol–water partition coefficient (Wildman–Crippen LogP) is 3.15. The van der Waals surface area contributed by atoms with Crippen LogP contribution >= 0.6 is 0 Å². The Morgan fingerprint density at radius 3 is 2.42 bits per heavy atom. The van der Waals surface area contributed by atoms with Gasteiger partial charge in [-0.15, -0.1) is 0 Å². The minimum Gasteiger partial charge on any atom is -0.493 e. The third-order valence-corrected chi connectivity index (χ3v) is 5.02. The SMILES string of the molecule is COC(=O)C1=C(C(C)C)NC(=O)NC1c1ccc(OCC(=O)Nc2ccccc2)c(OC)c1. The Hall–Kier alpha value is -4.01. The van der Waals surface area contributed by atoms with Gasteiger partial charge in [0.05, 0.1) is 25.8 Å². The van der Waals surface area contributed by atoms with Gasteiger partial charge in [0.25, 0.3) is 5.91 Å². The number of methoxy groups -OCH3 is 2. The number of esters is 1.